The summed E-state index contributed by atoms with van der Waals surface area (Å²) >= 11 is 4.83. The summed E-state index contributed by atoms with van der Waals surface area (Å²) in [5.74, 6) is 1.53. The molecule has 1 aromatic heterocycles. The molecule has 1 heterocycles. The highest BCUT2D eigenvalue weighted by Gasteiger charge is 2.09. The van der Waals surface area contributed by atoms with Crippen molar-refractivity contribution in [1.29, 1.82) is 0 Å². The van der Waals surface area contributed by atoms with Crippen LogP contribution in [0.5, 0.6) is 5.75 Å². The van der Waals surface area contributed by atoms with E-state index in [9.17, 15) is 0 Å². The van der Waals surface area contributed by atoms with Crippen molar-refractivity contribution in [1.82, 2.24) is 9.36 Å². The number of aromatic nitrogens is 2. The first-order valence-electron chi connectivity index (χ1n) is 5.54. The number of nitrogens with one attached hydrogen (secondary N) is 1. The van der Waals surface area contributed by atoms with Gasteiger partial charge in [-0.05, 0) is 48.0 Å². The highest BCUT2D eigenvalue weighted by Crippen LogP contribution is 2.30. The third-order valence-electron chi connectivity index (χ3n) is 2.25. The van der Waals surface area contributed by atoms with Crippen molar-refractivity contribution in [3.8, 4) is 17.1 Å². The molecule has 0 unspecified atom stereocenters. The van der Waals surface area contributed by atoms with Crippen LogP contribution < -0.4 is 10.1 Å². The monoisotopic (exact) mass is 327 g/mol. The van der Waals surface area contributed by atoms with E-state index in [-0.39, 0.29) is 0 Å². The molecular formula is C12H14BrN3OS. The molecule has 0 aliphatic rings. The first kappa shape index (κ1) is 13.3. The fourth-order valence-corrected chi connectivity index (χ4v) is 2.73. The molecule has 96 valence electrons. The van der Waals surface area contributed by atoms with Crippen molar-refractivity contribution in [2.45, 2.75) is 19.9 Å². The second-order valence-corrected chi connectivity index (χ2v) is 5.68. The maximum absolute atomic E-state index is 5.20. The highest BCUT2D eigenvalue weighted by molar-refractivity contribution is 9.10. The zero-order valence-electron chi connectivity index (χ0n) is 10.4. The summed E-state index contributed by atoms with van der Waals surface area (Å²) in [6.45, 7) is 4.15. The molecule has 0 aliphatic carbocycles. The summed E-state index contributed by atoms with van der Waals surface area (Å²) < 4.78 is 10.4. The van der Waals surface area contributed by atoms with E-state index in [1.54, 1.807) is 7.11 Å². The van der Waals surface area contributed by atoms with Crippen LogP contribution in [0.25, 0.3) is 11.4 Å². The third-order valence-corrected chi connectivity index (χ3v) is 3.51. The zero-order valence-corrected chi connectivity index (χ0v) is 12.8. The predicted octanol–water partition coefficient (Wildman–Crippen LogP) is 3.80. The Morgan fingerprint density at radius 3 is 2.78 bits per heavy atom. The molecule has 0 saturated carbocycles. The summed E-state index contributed by atoms with van der Waals surface area (Å²) in [5, 5.41) is 4.08. The van der Waals surface area contributed by atoms with Gasteiger partial charge in [-0.25, -0.2) is 0 Å². The Labute approximate surface area is 119 Å². The maximum Gasteiger partial charge on any atom is 0.203 e. The van der Waals surface area contributed by atoms with Crippen molar-refractivity contribution < 1.29 is 4.74 Å². The van der Waals surface area contributed by atoms with Crippen molar-refractivity contribution >= 4 is 32.6 Å². The number of methoxy groups -OCH3 is 1. The molecule has 4 nitrogen and oxygen atoms in total. The van der Waals surface area contributed by atoms with Gasteiger partial charge in [0, 0.05) is 23.1 Å². The van der Waals surface area contributed by atoms with Crippen molar-refractivity contribution in [2.75, 3.05) is 12.4 Å². The summed E-state index contributed by atoms with van der Waals surface area (Å²) in [6, 6.07) is 6.16. The van der Waals surface area contributed by atoms with E-state index < -0.39 is 0 Å². The lowest BCUT2D eigenvalue weighted by molar-refractivity contribution is 0.412. The van der Waals surface area contributed by atoms with Gasteiger partial charge in [-0.1, -0.05) is 0 Å². The van der Waals surface area contributed by atoms with Gasteiger partial charge in [-0.15, -0.1) is 0 Å². The van der Waals surface area contributed by atoms with Crippen molar-refractivity contribution in [3.63, 3.8) is 0 Å². The van der Waals surface area contributed by atoms with Gasteiger partial charge in [0.05, 0.1) is 11.6 Å². The van der Waals surface area contributed by atoms with Gasteiger partial charge in [0.2, 0.25) is 5.13 Å². The highest BCUT2D eigenvalue weighted by atomic mass is 79.9. The summed E-state index contributed by atoms with van der Waals surface area (Å²) in [7, 11) is 1.64. The van der Waals surface area contributed by atoms with E-state index in [1.165, 1.54) is 11.5 Å². The number of ether oxygens (including phenoxy) is 1. The van der Waals surface area contributed by atoms with Gasteiger partial charge in [0.1, 0.15) is 5.75 Å². The minimum Gasteiger partial charge on any atom is -0.496 e. The van der Waals surface area contributed by atoms with E-state index in [4.69, 9.17) is 4.74 Å². The average molecular weight is 328 g/mol. The van der Waals surface area contributed by atoms with Crippen molar-refractivity contribution in [2.24, 2.45) is 0 Å². The molecule has 1 aromatic carbocycles. The fourth-order valence-electron chi connectivity index (χ4n) is 1.45. The molecule has 18 heavy (non-hydrogen) atoms. The van der Waals surface area contributed by atoms with Gasteiger partial charge in [0.25, 0.3) is 0 Å². The standard InChI is InChI=1S/C12H14BrN3OS/c1-7(2)14-12-15-11(16-18-12)8-4-5-10(17-3)9(13)6-8/h4-7H,1-3H3,(H,14,15,16). The lowest BCUT2D eigenvalue weighted by Crippen LogP contribution is -2.08. The van der Waals surface area contributed by atoms with Gasteiger partial charge in [-0.3, -0.25) is 0 Å². The molecule has 0 fully saturated rings. The Balaban J connectivity index is 2.26. The van der Waals surface area contributed by atoms with E-state index in [0.29, 0.717) is 6.04 Å². The van der Waals surface area contributed by atoms with Crippen molar-refractivity contribution in [3.05, 3.63) is 22.7 Å². The van der Waals surface area contributed by atoms with E-state index >= 15 is 0 Å². The first-order valence-corrected chi connectivity index (χ1v) is 7.11. The second kappa shape index (κ2) is 5.67. The van der Waals surface area contributed by atoms with Crippen LogP contribution in [0.15, 0.2) is 22.7 Å². The molecule has 0 saturated heterocycles. The third kappa shape index (κ3) is 3.00. The Bertz CT molecular complexity index is 542. The Hall–Kier alpha value is -1.14. The van der Waals surface area contributed by atoms with Crippen LogP contribution in [-0.2, 0) is 0 Å². The van der Waals surface area contributed by atoms with Crippen LogP contribution in [0.1, 0.15) is 13.8 Å². The SMILES string of the molecule is COc1ccc(-c2nsc(NC(C)C)n2)cc1Br. The van der Waals surface area contributed by atoms with Crippen LogP contribution in [0.4, 0.5) is 5.13 Å². The van der Waals surface area contributed by atoms with Crippen LogP contribution in [-0.4, -0.2) is 22.5 Å². The molecule has 0 spiro atoms. The molecule has 0 bridgehead atoms. The first-order chi connectivity index (χ1) is 8.60. The van der Waals surface area contributed by atoms with Crippen LogP contribution in [0.2, 0.25) is 0 Å². The zero-order chi connectivity index (χ0) is 13.1. The van der Waals surface area contributed by atoms with E-state index in [1.807, 2.05) is 18.2 Å². The molecule has 6 heteroatoms. The van der Waals surface area contributed by atoms with Gasteiger partial charge < -0.3 is 10.1 Å². The fraction of sp³-hybridized carbons (Fsp3) is 0.333. The quantitative estimate of drug-likeness (QED) is 0.927. The minimum absolute atomic E-state index is 0.355. The lowest BCUT2D eigenvalue weighted by atomic mass is 10.2. The molecule has 0 radical (unpaired) electrons. The number of hydrogen-bond acceptors (Lipinski definition) is 5. The number of rotatable bonds is 4. The predicted molar refractivity (Wildman–Crippen MR) is 78.4 cm³/mol. The summed E-state index contributed by atoms with van der Waals surface area (Å²) in [5.41, 5.74) is 0.968. The summed E-state index contributed by atoms with van der Waals surface area (Å²) in [6.07, 6.45) is 0. The number of hydrogen-bond donors (Lipinski definition) is 1. The number of anilines is 1. The number of benzene rings is 1. The topological polar surface area (TPSA) is 47.0 Å². The average Bonchev–Trinajstić information content (AvgIpc) is 2.76. The molecular weight excluding hydrogens is 314 g/mol. The summed E-state index contributed by atoms with van der Waals surface area (Å²) in [4.78, 5) is 4.45. The van der Waals surface area contributed by atoms with Crippen LogP contribution >= 0.6 is 27.5 Å². The van der Waals surface area contributed by atoms with Crippen LogP contribution in [0.3, 0.4) is 0 Å². The normalized spacial score (nSPS) is 10.7. The Morgan fingerprint density at radius 2 is 2.17 bits per heavy atom. The van der Waals surface area contributed by atoms with E-state index in [0.717, 1.165) is 26.7 Å². The second-order valence-electron chi connectivity index (χ2n) is 4.07. The Kier molecular flexibility index (Phi) is 4.19. The molecule has 1 N–H and O–H groups in total. The van der Waals surface area contributed by atoms with Gasteiger partial charge in [0.15, 0.2) is 5.82 Å². The largest absolute Gasteiger partial charge is 0.496 e. The molecule has 2 aromatic rings. The molecule has 0 amide bonds. The molecule has 0 atom stereocenters. The van der Waals surface area contributed by atoms with Crippen LogP contribution in [0, 0.1) is 0 Å². The number of nitrogens with zero attached hydrogens (tertiary/aromatic N) is 2. The van der Waals surface area contributed by atoms with E-state index in [2.05, 4.69) is 44.5 Å². The molecule has 2 rings (SSSR count). The molecule has 0 aliphatic heterocycles. The minimum atomic E-state index is 0.355. The lowest BCUT2D eigenvalue weighted by Gasteiger charge is -2.04. The smallest absolute Gasteiger partial charge is 0.203 e. The van der Waals surface area contributed by atoms with Gasteiger partial charge >= 0.3 is 0 Å². The Morgan fingerprint density at radius 1 is 1.39 bits per heavy atom. The maximum atomic E-state index is 5.20. The van der Waals surface area contributed by atoms with Gasteiger partial charge in [-0.2, -0.15) is 9.36 Å². The number of halogens is 1.